The summed E-state index contributed by atoms with van der Waals surface area (Å²) in [6.07, 6.45) is -3.10. The maximum atomic E-state index is 12.7. The maximum Gasteiger partial charge on any atom is 0.416 e. The van der Waals surface area contributed by atoms with Crippen LogP contribution in [0.1, 0.15) is 24.5 Å². The second kappa shape index (κ2) is 4.55. The fourth-order valence-corrected chi connectivity index (χ4v) is 1.48. The van der Waals surface area contributed by atoms with Crippen molar-refractivity contribution < 1.29 is 13.2 Å². The molecule has 1 aromatic rings. The van der Waals surface area contributed by atoms with E-state index in [9.17, 15) is 13.2 Å². The summed E-state index contributed by atoms with van der Waals surface area (Å²) in [4.78, 5) is 0. The minimum Gasteiger partial charge on any atom is -0.388 e. The van der Waals surface area contributed by atoms with Crippen LogP contribution in [0.4, 0.5) is 18.9 Å². The Labute approximate surface area is 87.3 Å². The van der Waals surface area contributed by atoms with Crippen molar-refractivity contribution in [2.75, 3.05) is 12.4 Å². The highest BCUT2D eigenvalue weighted by Gasteiger charge is 2.33. The molecule has 1 aromatic carbocycles. The fourth-order valence-electron chi connectivity index (χ4n) is 1.48. The van der Waals surface area contributed by atoms with Gasteiger partial charge < -0.3 is 5.32 Å². The van der Waals surface area contributed by atoms with Crippen molar-refractivity contribution in [3.63, 3.8) is 0 Å². The SMILES string of the molecule is CCCc1ccc(NC)cc1C(F)(F)F. The molecule has 0 amide bonds. The summed E-state index contributed by atoms with van der Waals surface area (Å²) in [7, 11) is 1.61. The van der Waals surface area contributed by atoms with E-state index >= 15 is 0 Å². The van der Waals surface area contributed by atoms with Gasteiger partial charge in [0.25, 0.3) is 0 Å². The molecule has 0 aliphatic rings. The van der Waals surface area contributed by atoms with Crippen LogP contribution in [0.25, 0.3) is 0 Å². The smallest absolute Gasteiger partial charge is 0.388 e. The Morgan fingerprint density at radius 2 is 1.93 bits per heavy atom. The molecule has 0 saturated heterocycles. The third-order valence-electron chi connectivity index (χ3n) is 2.22. The number of alkyl halides is 3. The first kappa shape index (κ1) is 11.9. The predicted octanol–water partition coefficient (Wildman–Crippen LogP) is 3.70. The number of hydrogen-bond donors (Lipinski definition) is 1. The van der Waals surface area contributed by atoms with Crippen molar-refractivity contribution in [3.8, 4) is 0 Å². The van der Waals surface area contributed by atoms with Gasteiger partial charge in [-0.3, -0.25) is 0 Å². The zero-order valence-electron chi connectivity index (χ0n) is 8.78. The summed E-state index contributed by atoms with van der Waals surface area (Å²) < 4.78 is 38.0. The van der Waals surface area contributed by atoms with Gasteiger partial charge in [-0.25, -0.2) is 0 Å². The van der Waals surface area contributed by atoms with Gasteiger partial charge in [-0.05, 0) is 24.1 Å². The second-order valence-electron chi connectivity index (χ2n) is 3.37. The van der Waals surface area contributed by atoms with Crippen LogP contribution in [-0.2, 0) is 12.6 Å². The highest BCUT2D eigenvalue weighted by Crippen LogP contribution is 2.34. The van der Waals surface area contributed by atoms with Crippen molar-refractivity contribution in [2.45, 2.75) is 25.9 Å². The Balaban J connectivity index is 3.16. The molecule has 4 heteroatoms. The standard InChI is InChI=1S/C11H14F3N/c1-3-4-8-5-6-9(15-2)7-10(8)11(12,13)14/h5-7,15H,3-4H2,1-2H3. The molecule has 1 nitrogen and oxygen atoms in total. The first-order chi connectivity index (χ1) is 6.99. The molecule has 1 N–H and O–H groups in total. The molecule has 0 radical (unpaired) electrons. The van der Waals surface area contributed by atoms with Gasteiger partial charge in [0, 0.05) is 12.7 Å². The van der Waals surface area contributed by atoms with E-state index in [1.165, 1.54) is 6.07 Å². The van der Waals surface area contributed by atoms with Crippen LogP contribution in [0.5, 0.6) is 0 Å². The lowest BCUT2D eigenvalue weighted by atomic mass is 10.0. The second-order valence-corrected chi connectivity index (χ2v) is 3.37. The van der Waals surface area contributed by atoms with E-state index in [1.807, 2.05) is 6.92 Å². The number of rotatable bonds is 3. The van der Waals surface area contributed by atoms with Gasteiger partial charge >= 0.3 is 6.18 Å². The molecule has 0 aliphatic heterocycles. The number of anilines is 1. The number of aryl methyl sites for hydroxylation is 1. The van der Waals surface area contributed by atoms with E-state index in [2.05, 4.69) is 5.32 Å². The summed E-state index contributed by atoms with van der Waals surface area (Å²) >= 11 is 0. The van der Waals surface area contributed by atoms with Crippen molar-refractivity contribution >= 4 is 5.69 Å². The quantitative estimate of drug-likeness (QED) is 0.814. The van der Waals surface area contributed by atoms with Crippen molar-refractivity contribution in [1.29, 1.82) is 0 Å². The van der Waals surface area contributed by atoms with Crippen molar-refractivity contribution in [1.82, 2.24) is 0 Å². The fraction of sp³-hybridized carbons (Fsp3) is 0.455. The van der Waals surface area contributed by atoms with Gasteiger partial charge in [-0.15, -0.1) is 0 Å². The lowest BCUT2D eigenvalue weighted by Crippen LogP contribution is -2.09. The molecule has 0 saturated carbocycles. The Morgan fingerprint density at radius 1 is 1.27 bits per heavy atom. The zero-order chi connectivity index (χ0) is 11.5. The lowest BCUT2D eigenvalue weighted by Gasteiger charge is -2.13. The Bertz CT molecular complexity index is 331. The molecule has 0 atom stereocenters. The molecule has 0 bridgehead atoms. The van der Waals surface area contributed by atoms with Crippen LogP contribution in [0, 0.1) is 0 Å². The largest absolute Gasteiger partial charge is 0.416 e. The maximum absolute atomic E-state index is 12.7. The van der Waals surface area contributed by atoms with Crippen LogP contribution in [0.2, 0.25) is 0 Å². The molecule has 0 aliphatic carbocycles. The Kier molecular flexibility index (Phi) is 3.61. The van der Waals surface area contributed by atoms with Crippen LogP contribution in [0.15, 0.2) is 18.2 Å². The third-order valence-corrected chi connectivity index (χ3v) is 2.22. The normalized spacial score (nSPS) is 11.5. The summed E-state index contributed by atoms with van der Waals surface area (Å²) in [5, 5.41) is 2.71. The zero-order valence-corrected chi connectivity index (χ0v) is 8.78. The van der Waals surface area contributed by atoms with Gasteiger partial charge in [-0.2, -0.15) is 13.2 Å². The monoisotopic (exact) mass is 217 g/mol. The molecule has 1 rings (SSSR count). The number of halogens is 3. The molecular formula is C11H14F3N. The Morgan fingerprint density at radius 3 is 2.40 bits per heavy atom. The average Bonchev–Trinajstić information content (AvgIpc) is 2.17. The molecule has 0 heterocycles. The van der Waals surface area contributed by atoms with Gasteiger partial charge in [0.05, 0.1) is 5.56 Å². The minimum atomic E-state index is -4.27. The molecule has 0 spiro atoms. The highest BCUT2D eigenvalue weighted by atomic mass is 19.4. The van der Waals surface area contributed by atoms with Crippen molar-refractivity contribution in [2.24, 2.45) is 0 Å². The third kappa shape index (κ3) is 2.88. The van der Waals surface area contributed by atoms with Crippen LogP contribution in [-0.4, -0.2) is 7.05 Å². The van der Waals surface area contributed by atoms with Crippen LogP contribution in [0.3, 0.4) is 0 Å². The van der Waals surface area contributed by atoms with E-state index in [-0.39, 0.29) is 0 Å². The van der Waals surface area contributed by atoms with Crippen LogP contribution < -0.4 is 5.32 Å². The molecule has 84 valence electrons. The van der Waals surface area contributed by atoms with Crippen LogP contribution >= 0.6 is 0 Å². The summed E-state index contributed by atoms with van der Waals surface area (Å²) in [5.74, 6) is 0. The van der Waals surface area contributed by atoms with E-state index in [1.54, 1.807) is 13.1 Å². The van der Waals surface area contributed by atoms with E-state index in [4.69, 9.17) is 0 Å². The molecule has 15 heavy (non-hydrogen) atoms. The topological polar surface area (TPSA) is 12.0 Å². The first-order valence-electron chi connectivity index (χ1n) is 4.87. The lowest BCUT2D eigenvalue weighted by molar-refractivity contribution is -0.138. The number of nitrogens with one attached hydrogen (secondary N) is 1. The number of benzene rings is 1. The van der Waals surface area contributed by atoms with E-state index in [0.717, 1.165) is 6.07 Å². The summed E-state index contributed by atoms with van der Waals surface area (Å²) in [5.41, 5.74) is 0.322. The summed E-state index contributed by atoms with van der Waals surface area (Å²) in [6, 6.07) is 4.36. The molecule has 0 fully saturated rings. The molecule has 0 aromatic heterocycles. The first-order valence-corrected chi connectivity index (χ1v) is 4.87. The minimum absolute atomic E-state index is 0.365. The van der Waals surface area contributed by atoms with E-state index in [0.29, 0.717) is 24.1 Å². The highest BCUT2D eigenvalue weighted by molar-refractivity contribution is 5.49. The Hall–Kier alpha value is -1.19. The average molecular weight is 217 g/mol. The van der Waals surface area contributed by atoms with Gasteiger partial charge in [0.15, 0.2) is 0 Å². The predicted molar refractivity (Wildman–Crippen MR) is 55.0 cm³/mol. The molecular weight excluding hydrogens is 203 g/mol. The van der Waals surface area contributed by atoms with Gasteiger partial charge in [0.2, 0.25) is 0 Å². The summed E-state index contributed by atoms with van der Waals surface area (Å²) in [6.45, 7) is 1.87. The number of hydrogen-bond acceptors (Lipinski definition) is 1. The van der Waals surface area contributed by atoms with Crippen molar-refractivity contribution in [3.05, 3.63) is 29.3 Å². The van der Waals surface area contributed by atoms with Gasteiger partial charge in [-0.1, -0.05) is 19.4 Å². The van der Waals surface area contributed by atoms with Gasteiger partial charge in [0.1, 0.15) is 0 Å². The van der Waals surface area contributed by atoms with E-state index < -0.39 is 11.7 Å². The molecule has 0 unspecified atom stereocenters.